The maximum absolute atomic E-state index is 12.3. The van der Waals surface area contributed by atoms with Crippen LogP contribution in [0.25, 0.3) is 0 Å². The van der Waals surface area contributed by atoms with Gasteiger partial charge in [-0.3, -0.25) is 0 Å². The molecular weight excluding hydrogens is 322 g/mol. The molecule has 0 aliphatic rings. The lowest BCUT2D eigenvalue weighted by Gasteiger charge is -2.13. The van der Waals surface area contributed by atoms with Crippen molar-refractivity contribution in [2.45, 2.75) is 24.3 Å². The van der Waals surface area contributed by atoms with Crippen molar-refractivity contribution in [3.63, 3.8) is 0 Å². The van der Waals surface area contributed by atoms with Crippen LogP contribution in [0.15, 0.2) is 53.4 Å². The van der Waals surface area contributed by atoms with E-state index in [1.807, 2.05) is 30.3 Å². The minimum atomic E-state index is -3.70. The summed E-state index contributed by atoms with van der Waals surface area (Å²) in [5.41, 5.74) is 1.56. The molecule has 2 rings (SSSR count). The summed E-state index contributed by atoms with van der Waals surface area (Å²) in [7, 11) is -3.70. The summed E-state index contributed by atoms with van der Waals surface area (Å²) in [4.78, 5) is 0.131. The Kier molecular flexibility index (Phi) is 5.58. The summed E-state index contributed by atoms with van der Waals surface area (Å²) in [6.07, 6.45) is -0.408. The third-order valence-corrected chi connectivity index (χ3v) is 5.06. The molecule has 0 spiro atoms. The Balaban J connectivity index is 2.02. The van der Waals surface area contributed by atoms with Gasteiger partial charge in [0.05, 0.1) is 11.0 Å². The van der Waals surface area contributed by atoms with Crippen molar-refractivity contribution in [2.24, 2.45) is 0 Å². The van der Waals surface area contributed by atoms with Gasteiger partial charge in [-0.15, -0.1) is 0 Å². The second-order valence-electron chi connectivity index (χ2n) is 5.11. The smallest absolute Gasteiger partial charge is 0.240 e. The van der Waals surface area contributed by atoms with Crippen LogP contribution in [-0.2, 0) is 16.4 Å². The molecule has 0 aromatic heterocycles. The zero-order valence-corrected chi connectivity index (χ0v) is 13.7. The van der Waals surface area contributed by atoms with E-state index in [9.17, 15) is 13.5 Å². The Morgan fingerprint density at radius 3 is 2.55 bits per heavy atom. The summed E-state index contributed by atoms with van der Waals surface area (Å²) < 4.78 is 27.0. The first-order valence-electron chi connectivity index (χ1n) is 6.86. The first-order valence-corrected chi connectivity index (χ1v) is 8.72. The molecule has 0 amide bonds. The Hall–Kier alpha value is -1.40. The fourth-order valence-electron chi connectivity index (χ4n) is 2.11. The predicted octanol–water partition coefficient (Wildman–Crippen LogP) is 2.53. The normalized spacial score (nSPS) is 13.0. The number of rotatable bonds is 6. The lowest BCUT2D eigenvalue weighted by Crippen LogP contribution is -2.33. The number of hydrogen-bond donors (Lipinski definition) is 2. The first kappa shape index (κ1) is 17.0. The van der Waals surface area contributed by atoms with Crippen molar-refractivity contribution in [1.82, 2.24) is 4.72 Å². The summed E-state index contributed by atoms with van der Waals surface area (Å²) in [5.74, 6) is 0. The monoisotopic (exact) mass is 339 g/mol. The molecule has 0 aliphatic carbocycles. The third kappa shape index (κ3) is 4.55. The summed E-state index contributed by atoms with van der Waals surface area (Å²) in [5, 5.41) is 10.3. The van der Waals surface area contributed by atoms with Gasteiger partial charge in [0.2, 0.25) is 10.0 Å². The minimum absolute atomic E-state index is 0.0524. The average Bonchev–Trinajstić information content (AvgIpc) is 2.49. The van der Waals surface area contributed by atoms with Crippen LogP contribution < -0.4 is 4.72 Å². The number of aliphatic hydroxyl groups excluding tert-OH is 1. The van der Waals surface area contributed by atoms with Gasteiger partial charge in [0.1, 0.15) is 0 Å². The Labute approximate surface area is 135 Å². The molecule has 1 atom stereocenters. The molecule has 2 aromatic carbocycles. The summed E-state index contributed by atoms with van der Waals surface area (Å²) in [6, 6.07) is 14.1. The molecule has 2 aromatic rings. The van der Waals surface area contributed by atoms with Gasteiger partial charge in [0, 0.05) is 11.6 Å². The molecule has 0 saturated heterocycles. The van der Waals surface area contributed by atoms with Crippen LogP contribution in [0.5, 0.6) is 0 Å². The van der Waals surface area contributed by atoms with E-state index in [1.54, 1.807) is 19.1 Å². The zero-order valence-electron chi connectivity index (χ0n) is 12.2. The second kappa shape index (κ2) is 7.24. The lowest BCUT2D eigenvalue weighted by atomic mass is 10.1. The Morgan fingerprint density at radius 1 is 1.18 bits per heavy atom. The SMILES string of the molecule is Cc1ccc(Cl)cc1S(=O)(=O)NC[C@H](O)Cc1ccccc1. The third-order valence-electron chi connectivity index (χ3n) is 3.26. The topological polar surface area (TPSA) is 66.4 Å². The molecule has 0 unspecified atom stereocenters. The minimum Gasteiger partial charge on any atom is -0.391 e. The highest BCUT2D eigenvalue weighted by molar-refractivity contribution is 7.89. The van der Waals surface area contributed by atoms with Crippen LogP contribution >= 0.6 is 11.6 Å². The van der Waals surface area contributed by atoms with Gasteiger partial charge < -0.3 is 5.11 Å². The van der Waals surface area contributed by atoms with E-state index in [0.29, 0.717) is 17.0 Å². The molecule has 4 nitrogen and oxygen atoms in total. The van der Waals surface area contributed by atoms with Gasteiger partial charge in [-0.05, 0) is 36.6 Å². The largest absolute Gasteiger partial charge is 0.391 e. The van der Waals surface area contributed by atoms with E-state index >= 15 is 0 Å². The van der Waals surface area contributed by atoms with Gasteiger partial charge in [-0.1, -0.05) is 48.0 Å². The highest BCUT2D eigenvalue weighted by atomic mass is 35.5. The molecule has 0 fully saturated rings. The number of aryl methyl sites for hydroxylation is 1. The van der Waals surface area contributed by atoms with Crippen molar-refractivity contribution >= 4 is 21.6 Å². The van der Waals surface area contributed by atoms with E-state index in [1.165, 1.54) is 6.07 Å². The standard InChI is InChI=1S/C16H18ClNO3S/c1-12-7-8-14(17)10-16(12)22(20,21)18-11-15(19)9-13-5-3-2-4-6-13/h2-8,10,15,18-19H,9,11H2,1H3/t15-/m1/s1. The quantitative estimate of drug-likeness (QED) is 0.850. The maximum atomic E-state index is 12.3. The summed E-state index contributed by atoms with van der Waals surface area (Å²) in [6.45, 7) is 1.65. The van der Waals surface area contributed by atoms with Crippen LogP contribution in [0.2, 0.25) is 5.02 Å². The molecular formula is C16H18ClNO3S. The van der Waals surface area contributed by atoms with Crippen molar-refractivity contribution in [3.8, 4) is 0 Å². The Morgan fingerprint density at radius 2 is 1.86 bits per heavy atom. The molecule has 22 heavy (non-hydrogen) atoms. The fraction of sp³-hybridized carbons (Fsp3) is 0.250. The van der Waals surface area contributed by atoms with E-state index in [2.05, 4.69) is 4.72 Å². The van der Waals surface area contributed by atoms with Crippen molar-refractivity contribution in [2.75, 3.05) is 6.54 Å². The fourth-order valence-corrected chi connectivity index (χ4v) is 3.68. The number of benzene rings is 2. The van der Waals surface area contributed by atoms with Crippen LogP contribution in [0.3, 0.4) is 0 Å². The van der Waals surface area contributed by atoms with Gasteiger partial charge in [-0.25, -0.2) is 13.1 Å². The maximum Gasteiger partial charge on any atom is 0.240 e. The molecule has 6 heteroatoms. The van der Waals surface area contributed by atoms with E-state index in [0.717, 1.165) is 5.56 Å². The van der Waals surface area contributed by atoms with Crippen LogP contribution in [-0.4, -0.2) is 26.2 Å². The molecule has 2 N–H and O–H groups in total. The molecule has 0 saturated carbocycles. The van der Waals surface area contributed by atoms with Gasteiger partial charge in [0.15, 0.2) is 0 Å². The van der Waals surface area contributed by atoms with E-state index < -0.39 is 16.1 Å². The number of sulfonamides is 1. The molecule has 0 aliphatic heterocycles. The number of aliphatic hydroxyl groups is 1. The molecule has 0 bridgehead atoms. The second-order valence-corrected chi connectivity index (χ2v) is 7.28. The van der Waals surface area contributed by atoms with E-state index in [4.69, 9.17) is 11.6 Å². The van der Waals surface area contributed by atoms with Gasteiger partial charge in [0.25, 0.3) is 0 Å². The highest BCUT2D eigenvalue weighted by Crippen LogP contribution is 2.20. The lowest BCUT2D eigenvalue weighted by molar-refractivity contribution is 0.179. The van der Waals surface area contributed by atoms with Gasteiger partial charge in [-0.2, -0.15) is 0 Å². The van der Waals surface area contributed by atoms with Crippen molar-refractivity contribution in [1.29, 1.82) is 0 Å². The highest BCUT2D eigenvalue weighted by Gasteiger charge is 2.18. The number of halogens is 1. The van der Waals surface area contributed by atoms with Crippen molar-refractivity contribution in [3.05, 3.63) is 64.7 Å². The van der Waals surface area contributed by atoms with Crippen LogP contribution in [0.1, 0.15) is 11.1 Å². The first-order chi connectivity index (χ1) is 10.4. The molecule has 118 valence electrons. The number of nitrogens with one attached hydrogen (secondary N) is 1. The summed E-state index contributed by atoms with van der Waals surface area (Å²) >= 11 is 5.85. The number of hydrogen-bond acceptors (Lipinski definition) is 3. The van der Waals surface area contributed by atoms with Crippen LogP contribution in [0, 0.1) is 6.92 Å². The Bertz CT molecular complexity index is 732. The predicted molar refractivity (Wildman–Crippen MR) is 87.5 cm³/mol. The van der Waals surface area contributed by atoms with E-state index in [-0.39, 0.29) is 11.4 Å². The molecule has 0 heterocycles. The molecule has 0 radical (unpaired) electrons. The van der Waals surface area contributed by atoms with Crippen LogP contribution in [0.4, 0.5) is 0 Å². The van der Waals surface area contributed by atoms with Crippen molar-refractivity contribution < 1.29 is 13.5 Å². The zero-order chi connectivity index (χ0) is 16.2. The van der Waals surface area contributed by atoms with Gasteiger partial charge >= 0.3 is 0 Å². The average molecular weight is 340 g/mol.